The molecule has 2 heterocycles. The van der Waals surface area contributed by atoms with Crippen molar-refractivity contribution in [2.75, 3.05) is 6.54 Å². The van der Waals surface area contributed by atoms with Crippen molar-refractivity contribution < 1.29 is 4.79 Å². The molecule has 0 aliphatic carbocycles. The smallest absolute Gasteiger partial charge is 0.187 e. The van der Waals surface area contributed by atoms with Gasteiger partial charge in [0.25, 0.3) is 0 Å². The van der Waals surface area contributed by atoms with Gasteiger partial charge in [-0.2, -0.15) is 0 Å². The maximum absolute atomic E-state index is 12.7. The van der Waals surface area contributed by atoms with Crippen molar-refractivity contribution in [1.82, 2.24) is 9.88 Å². The molecule has 4 heteroatoms. The monoisotopic (exact) mass is 350 g/mol. The number of benzene rings is 2. The fourth-order valence-corrected chi connectivity index (χ4v) is 3.74. The number of hydrogen-bond donors (Lipinski definition) is 1. The van der Waals surface area contributed by atoms with Crippen molar-refractivity contribution in [1.29, 1.82) is 0 Å². The molecule has 0 amide bonds. The molecule has 4 rings (SSSR count). The number of para-hydroxylation sites is 1. The van der Waals surface area contributed by atoms with Crippen LogP contribution in [0, 0.1) is 0 Å². The van der Waals surface area contributed by atoms with Gasteiger partial charge in [-0.25, -0.2) is 0 Å². The maximum Gasteiger partial charge on any atom is 0.187 e. The molecule has 0 spiro atoms. The first kappa shape index (κ1) is 16.0. The van der Waals surface area contributed by atoms with E-state index in [2.05, 4.69) is 41.1 Å². The molecule has 1 aromatic heterocycles. The summed E-state index contributed by atoms with van der Waals surface area (Å²) < 4.78 is 2.29. The SMILES string of the molecule is CCn1c2c(c3ccccc31)CCN/C2=C\C(=O)c1ccc(Cl)cc1. The molecule has 0 saturated heterocycles. The van der Waals surface area contributed by atoms with Gasteiger partial charge in [0.15, 0.2) is 5.78 Å². The Morgan fingerprint density at radius 1 is 1.20 bits per heavy atom. The normalized spacial score (nSPS) is 15.2. The number of rotatable bonds is 3. The lowest BCUT2D eigenvalue weighted by Crippen LogP contribution is -2.25. The van der Waals surface area contributed by atoms with E-state index >= 15 is 0 Å². The molecule has 0 atom stereocenters. The van der Waals surface area contributed by atoms with E-state index in [1.807, 2.05) is 0 Å². The van der Waals surface area contributed by atoms with E-state index in [-0.39, 0.29) is 5.78 Å². The third kappa shape index (κ3) is 2.75. The van der Waals surface area contributed by atoms with Crippen molar-refractivity contribution in [3.63, 3.8) is 0 Å². The van der Waals surface area contributed by atoms with Crippen molar-refractivity contribution in [3.8, 4) is 0 Å². The van der Waals surface area contributed by atoms with Gasteiger partial charge >= 0.3 is 0 Å². The summed E-state index contributed by atoms with van der Waals surface area (Å²) in [6.45, 7) is 3.84. The van der Waals surface area contributed by atoms with Crippen LogP contribution in [0.1, 0.15) is 28.5 Å². The number of hydrogen-bond acceptors (Lipinski definition) is 2. The Balaban J connectivity index is 1.84. The fourth-order valence-electron chi connectivity index (χ4n) is 3.62. The molecule has 1 N–H and O–H groups in total. The summed E-state index contributed by atoms with van der Waals surface area (Å²) >= 11 is 5.92. The van der Waals surface area contributed by atoms with Crippen LogP contribution in [0.15, 0.2) is 54.6 Å². The van der Waals surface area contributed by atoms with E-state index in [0.717, 1.165) is 30.9 Å². The molecule has 25 heavy (non-hydrogen) atoms. The highest BCUT2D eigenvalue weighted by Gasteiger charge is 2.23. The van der Waals surface area contributed by atoms with Crippen molar-refractivity contribution in [2.45, 2.75) is 19.9 Å². The number of carbonyl (C=O) groups excluding carboxylic acids is 1. The number of nitrogens with zero attached hydrogens (tertiary/aromatic N) is 1. The molecule has 1 aliphatic rings. The lowest BCUT2D eigenvalue weighted by molar-refractivity contribution is 0.104. The van der Waals surface area contributed by atoms with Gasteiger partial charge in [0.1, 0.15) is 0 Å². The van der Waals surface area contributed by atoms with Gasteiger partial charge in [-0.15, -0.1) is 0 Å². The number of halogens is 1. The summed E-state index contributed by atoms with van der Waals surface area (Å²) in [6.07, 6.45) is 2.68. The zero-order chi connectivity index (χ0) is 17.4. The molecule has 2 aromatic carbocycles. The highest BCUT2D eigenvalue weighted by molar-refractivity contribution is 6.30. The van der Waals surface area contributed by atoms with Crippen molar-refractivity contribution in [3.05, 3.63) is 76.5 Å². The Bertz CT molecular complexity index is 950. The van der Waals surface area contributed by atoms with Crippen LogP contribution in [0.4, 0.5) is 0 Å². The second kappa shape index (κ2) is 6.41. The van der Waals surface area contributed by atoms with Crippen LogP contribution in [-0.4, -0.2) is 16.9 Å². The molecule has 0 saturated carbocycles. The molecule has 0 radical (unpaired) electrons. The van der Waals surface area contributed by atoms with Crippen LogP contribution in [0.25, 0.3) is 16.6 Å². The van der Waals surface area contributed by atoms with E-state index in [4.69, 9.17) is 11.6 Å². The average Bonchev–Trinajstić information content (AvgIpc) is 2.97. The van der Waals surface area contributed by atoms with E-state index < -0.39 is 0 Å². The lowest BCUT2D eigenvalue weighted by atomic mass is 10.0. The Hall–Kier alpha value is -2.52. The van der Waals surface area contributed by atoms with Gasteiger partial charge in [-0.05, 0) is 49.2 Å². The number of fused-ring (bicyclic) bond motifs is 3. The highest BCUT2D eigenvalue weighted by Crippen LogP contribution is 2.33. The number of nitrogens with one attached hydrogen (secondary N) is 1. The average molecular weight is 351 g/mol. The second-order valence-electron chi connectivity index (χ2n) is 6.19. The van der Waals surface area contributed by atoms with Crippen LogP contribution >= 0.6 is 11.6 Å². The first-order valence-electron chi connectivity index (χ1n) is 8.55. The molecular formula is C21H19ClN2O. The fraction of sp³-hybridized carbons (Fsp3) is 0.190. The minimum atomic E-state index is -0.0140. The predicted molar refractivity (Wildman–Crippen MR) is 103 cm³/mol. The van der Waals surface area contributed by atoms with Crippen LogP contribution in [0.2, 0.25) is 5.02 Å². The summed E-state index contributed by atoms with van der Waals surface area (Å²) in [7, 11) is 0. The minimum Gasteiger partial charge on any atom is -0.383 e. The Labute approximate surface area is 151 Å². The first-order chi connectivity index (χ1) is 12.2. The largest absolute Gasteiger partial charge is 0.383 e. The molecule has 1 aliphatic heterocycles. The van der Waals surface area contributed by atoms with Gasteiger partial charge in [-0.1, -0.05) is 29.8 Å². The molecular weight excluding hydrogens is 332 g/mol. The molecule has 0 unspecified atom stereocenters. The van der Waals surface area contributed by atoms with Gasteiger partial charge in [0, 0.05) is 40.7 Å². The van der Waals surface area contributed by atoms with E-state index in [1.165, 1.54) is 16.5 Å². The van der Waals surface area contributed by atoms with Gasteiger partial charge in [-0.3, -0.25) is 4.79 Å². The zero-order valence-corrected chi connectivity index (χ0v) is 14.8. The number of aromatic nitrogens is 1. The van der Waals surface area contributed by atoms with Crippen molar-refractivity contribution in [2.24, 2.45) is 0 Å². The maximum atomic E-state index is 12.7. The Morgan fingerprint density at radius 3 is 2.72 bits per heavy atom. The van der Waals surface area contributed by atoms with Gasteiger partial charge < -0.3 is 9.88 Å². The molecule has 3 aromatic rings. The molecule has 0 fully saturated rings. The number of aryl methyl sites for hydroxylation is 1. The van der Waals surface area contributed by atoms with Crippen LogP contribution in [-0.2, 0) is 13.0 Å². The third-order valence-electron chi connectivity index (χ3n) is 4.74. The number of carbonyl (C=O) groups is 1. The minimum absolute atomic E-state index is 0.0140. The topological polar surface area (TPSA) is 34.0 Å². The van der Waals surface area contributed by atoms with E-state index in [9.17, 15) is 4.79 Å². The summed E-state index contributed by atoms with van der Waals surface area (Å²) in [6, 6.07) is 15.5. The van der Waals surface area contributed by atoms with Crippen LogP contribution in [0.5, 0.6) is 0 Å². The molecule has 126 valence electrons. The van der Waals surface area contributed by atoms with E-state index in [1.54, 1.807) is 30.3 Å². The summed E-state index contributed by atoms with van der Waals surface area (Å²) in [5.74, 6) is -0.0140. The summed E-state index contributed by atoms with van der Waals surface area (Å²) in [4.78, 5) is 12.7. The zero-order valence-electron chi connectivity index (χ0n) is 14.1. The molecule has 3 nitrogen and oxygen atoms in total. The Morgan fingerprint density at radius 2 is 1.96 bits per heavy atom. The lowest BCUT2D eigenvalue weighted by Gasteiger charge is -2.20. The second-order valence-corrected chi connectivity index (χ2v) is 6.63. The first-order valence-corrected chi connectivity index (χ1v) is 8.92. The van der Waals surface area contributed by atoms with Gasteiger partial charge in [0.05, 0.1) is 11.4 Å². The number of ketones is 1. The van der Waals surface area contributed by atoms with Crippen LogP contribution in [0.3, 0.4) is 0 Å². The Kier molecular flexibility index (Phi) is 4.10. The summed E-state index contributed by atoms with van der Waals surface area (Å²) in [5.41, 5.74) is 5.23. The summed E-state index contributed by atoms with van der Waals surface area (Å²) in [5, 5.41) is 5.33. The quantitative estimate of drug-likeness (QED) is 0.549. The predicted octanol–water partition coefficient (Wildman–Crippen LogP) is 4.68. The number of allylic oxidation sites excluding steroid dienone is 1. The standard InChI is InChI=1S/C21H19ClN2O/c1-2-24-19-6-4-3-5-16(19)17-11-12-23-18(21(17)24)13-20(25)14-7-9-15(22)10-8-14/h3-10,13,23H,2,11-12H2,1H3/b18-13-. The van der Waals surface area contributed by atoms with Crippen molar-refractivity contribution >= 4 is 34.0 Å². The van der Waals surface area contributed by atoms with E-state index in [0.29, 0.717) is 10.6 Å². The van der Waals surface area contributed by atoms with Gasteiger partial charge in [0.2, 0.25) is 0 Å². The molecule has 0 bridgehead atoms. The van der Waals surface area contributed by atoms with Crippen LogP contribution < -0.4 is 5.32 Å². The third-order valence-corrected chi connectivity index (χ3v) is 4.99. The highest BCUT2D eigenvalue weighted by atomic mass is 35.5.